The van der Waals surface area contributed by atoms with E-state index in [1.807, 2.05) is 72.2 Å². The molecule has 0 aliphatic carbocycles. The molecule has 0 aliphatic heterocycles. The van der Waals surface area contributed by atoms with Gasteiger partial charge in [-0.1, -0.05) is 57.5 Å². The number of hydrazone groups is 1. The first-order valence-electron chi connectivity index (χ1n) is 9.73. The Hall–Kier alpha value is -3.30. The van der Waals surface area contributed by atoms with Gasteiger partial charge in [-0.25, -0.2) is 5.43 Å². The normalized spacial score (nSPS) is 11.1. The number of benzene rings is 2. The summed E-state index contributed by atoms with van der Waals surface area (Å²) >= 11 is 4.76. The van der Waals surface area contributed by atoms with Crippen LogP contribution in [-0.4, -0.2) is 37.6 Å². The predicted octanol–water partition coefficient (Wildman–Crippen LogP) is 4.64. The average molecular weight is 507 g/mol. The van der Waals surface area contributed by atoms with E-state index in [0.717, 1.165) is 21.3 Å². The maximum Gasteiger partial charge on any atom is 0.250 e. The summed E-state index contributed by atoms with van der Waals surface area (Å²) in [6.07, 6.45) is 5.04. The SMILES string of the molecule is Cc1ccc(C=NNC(=O)CSc2nnc(-c3ccncc3)n2-c2ccc(Br)cc2)cc1. The number of nitrogens with one attached hydrogen (secondary N) is 1. The Morgan fingerprint density at radius 2 is 1.78 bits per heavy atom. The molecule has 0 radical (unpaired) electrons. The fraction of sp³-hybridized carbons (Fsp3) is 0.0870. The summed E-state index contributed by atoms with van der Waals surface area (Å²) in [7, 11) is 0. The third-order valence-corrected chi connectivity index (χ3v) is 5.93. The summed E-state index contributed by atoms with van der Waals surface area (Å²) in [5.74, 6) is 0.597. The highest BCUT2D eigenvalue weighted by Gasteiger charge is 2.17. The molecule has 4 rings (SSSR count). The lowest BCUT2D eigenvalue weighted by atomic mass is 10.2. The van der Waals surface area contributed by atoms with Gasteiger partial charge in [0.15, 0.2) is 11.0 Å². The van der Waals surface area contributed by atoms with Crippen LogP contribution in [0.5, 0.6) is 0 Å². The van der Waals surface area contributed by atoms with Gasteiger partial charge in [0.1, 0.15) is 0 Å². The van der Waals surface area contributed by atoms with Gasteiger partial charge < -0.3 is 0 Å². The van der Waals surface area contributed by atoms with Gasteiger partial charge in [-0.15, -0.1) is 10.2 Å². The number of hydrogen-bond acceptors (Lipinski definition) is 6. The van der Waals surface area contributed by atoms with Crippen LogP contribution in [0.2, 0.25) is 0 Å². The van der Waals surface area contributed by atoms with Crippen LogP contribution in [0.25, 0.3) is 17.1 Å². The molecule has 2 heterocycles. The van der Waals surface area contributed by atoms with Crippen molar-refractivity contribution < 1.29 is 4.79 Å². The second-order valence-electron chi connectivity index (χ2n) is 6.85. The van der Waals surface area contributed by atoms with Crippen LogP contribution >= 0.6 is 27.7 Å². The van der Waals surface area contributed by atoms with Crippen molar-refractivity contribution in [1.29, 1.82) is 0 Å². The van der Waals surface area contributed by atoms with Gasteiger partial charge in [0.05, 0.1) is 12.0 Å². The van der Waals surface area contributed by atoms with Gasteiger partial charge in [0.25, 0.3) is 5.91 Å². The molecule has 1 N–H and O–H groups in total. The van der Waals surface area contributed by atoms with Crippen LogP contribution in [-0.2, 0) is 4.79 Å². The van der Waals surface area contributed by atoms with Gasteiger partial charge in [-0.3, -0.25) is 14.3 Å². The summed E-state index contributed by atoms with van der Waals surface area (Å²) in [4.78, 5) is 16.4. The van der Waals surface area contributed by atoms with Crippen LogP contribution in [0.15, 0.2) is 87.8 Å². The molecule has 0 saturated heterocycles. The number of carbonyl (C=O) groups is 1. The summed E-state index contributed by atoms with van der Waals surface area (Å²) in [5, 5.41) is 13.3. The Kier molecular flexibility index (Phi) is 7.08. The van der Waals surface area contributed by atoms with E-state index in [1.54, 1.807) is 18.6 Å². The maximum absolute atomic E-state index is 12.3. The Morgan fingerprint density at radius 1 is 1.06 bits per heavy atom. The topological polar surface area (TPSA) is 85.1 Å². The van der Waals surface area contributed by atoms with E-state index < -0.39 is 0 Å². The first kappa shape index (κ1) is 21.9. The molecule has 0 bridgehead atoms. The molecule has 2 aromatic carbocycles. The quantitative estimate of drug-likeness (QED) is 0.224. The Balaban J connectivity index is 1.49. The van der Waals surface area contributed by atoms with E-state index >= 15 is 0 Å². The van der Waals surface area contributed by atoms with Gasteiger partial charge in [-0.05, 0) is 48.9 Å². The molecule has 4 aromatic rings. The summed E-state index contributed by atoms with van der Waals surface area (Å²) in [6.45, 7) is 2.02. The molecule has 160 valence electrons. The molecule has 0 saturated carbocycles. The predicted molar refractivity (Wildman–Crippen MR) is 130 cm³/mol. The molecule has 0 atom stereocenters. The fourth-order valence-electron chi connectivity index (χ4n) is 2.87. The van der Waals surface area contributed by atoms with E-state index in [0.29, 0.717) is 11.0 Å². The smallest absolute Gasteiger partial charge is 0.250 e. The van der Waals surface area contributed by atoms with Crippen molar-refractivity contribution in [1.82, 2.24) is 25.2 Å². The molecule has 1 amide bonds. The summed E-state index contributed by atoms with van der Waals surface area (Å²) < 4.78 is 2.90. The molecule has 7 nitrogen and oxygen atoms in total. The largest absolute Gasteiger partial charge is 0.272 e. The van der Waals surface area contributed by atoms with Crippen molar-refractivity contribution >= 4 is 39.8 Å². The molecule has 0 aliphatic rings. The van der Waals surface area contributed by atoms with Crippen molar-refractivity contribution in [3.05, 3.63) is 88.7 Å². The van der Waals surface area contributed by atoms with Crippen molar-refractivity contribution in [2.75, 3.05) is 5.75 Å². The summed E-state index contributed by atoms with van der Waals surface area (Å²) in [5.41, 5.74) is 6.42. The first-order valence-corrected chi connectivity index (χ1v) is 11.5. The monoisotopic (exact) mass is 506 g/mol. The standard InChI is InChI=1S/C23H19BrN6OS/c1-16-2-4-17(5-3-16)14-26-27-21(31)15-32-23-29-28-22(18-10-12-25-13-11-18)30(23)20-8-6-19(24)7-9-20/h2-14H,15H2,1H3,(H,27,31). The number of hydrogen-bond donors (Lipinski definition) is 1. The Labute approximate surface area is 198 Å². The lowest BCUT2D eigenvalue weighted by molar-refractivity contribution is -0.118. The van der Waals surface area contributed by atoms with Crippen molar-refractivity contribution in [3.63, 3.8) is 0 Å². The number of halogens is 1. The average Bonchev–Trinajstić information content (AvgIpc) is 3.24. The van der Waals surface area contributed by atoms with Crippen molar-refractivity contribution in [2.24, 2.45) is 5.10 Å². The third-order valence-electron chi connectivity index (χ3n) is 4.47. The molecule has 0 fully saturated rings. The molecule has 0 unspecified atom stereocenters. The lowest BCUT2D eigenvalue weighted by Crippen LogP contribution is -2.20. The van der Waals surface area contributed by atoms with E-state index in [9.17, 15) is 4.79 Å². The zero-order valence-corrected chi connectivity index (χ0v) is 19.5. The van der Waals surface area contributed by atoms with Gasteiger partial charge >= 0.3 is 0 Å². The minimum Gasteiger partial charge on any atom is -0.272 e. The number of carbonyl (C=O) groups excluding carboxylic acids is 1. The molecule has 2 aromatic heterocycles. The second-order valence-corrected chi connectivity index (χ2v) is 8.70. The number of aromatic nitrogens is 4. The second kappa shape index (κ2) is 10.3. The van der Waals surface area contributed by atoms with Crippen LogP contribution in [0.3, 0.4) is 0 Å². The number of amides is 1. The van der Waals surface area contributed by atoms with Crippen LogP contribution in [0, 0.1) is 6.92 Å². The number of nitrogens with zero attached hydrogens (tertiary/aromatic N) is 5. The van der Waals surface area contributed by atoms with Gasteiger partial charge in [-0.2, -0.15) is 5.10 Å². The zero-order chi connectivity index (χ0) is 22.3. The minimum atomic E-state index is -0.228. The Bertz CT molecular complexity index is 1220. The molecular formula is C23H19BrN6OS. The first-order chi connectivity index (χ1) is 15.6. The molecule has 0 spiro atoms. The zero-order valence-electron chi connectivity index (χ0n) is 17.1. The highest BCUT2D eigenvalue weighted by molar-refractivity contribution is 9.10. The van der Waals surface area contributed by atoms with Crippen molar-refractivity contribution in [2.45, 2.75) is 12.1 Å². The number of rotatable bonds is 7. The fourth-order valence-corrected chi connectivity index (χ4v) is 3.88. The van der Waals surface area contributed by atoms with Crippen molar-refractivity contribution in [3.8, 4) is 17.1 Å². The molecule has 9 heteroatoms. The van der Waals surface area contributed by atoms with E-state index in [1.165, 1.54) is 17.3 Å². The van der Waals surface area contributed by atoms with Gasteiger partial charge in [0.2, 0.25) is 0 Å². The van der Waals surface area contributed by atoms with Gasteiger partial charge in [0, 0.05) is 28.1 Å². The van der Waals surface area contributed by atoms with Crippen LogP contribution < -0.4 is 5.43 Å². The number of pyridine rings is 1. The maximum atomic E-state index is 12.3. The van der Waals surface area contributed by atoms with Crippen LogP contribution in [0.4, 0.5) is 0 Å². The summed E-state index contributed by atoms with van der Waals surface area (Å²) in [6, 6.07) is 19.5. The molecular weight excluding hydrogens is 488 g/mol. The lowest BCUT2D eigenvalue weighted by Gasteiger charge is -2.10. The Morgan fingerprint density at radius 3 is 2.50 bits per heavy atom. The number of aryl methyl sites for hydroxylation is 1. The minimum absolute atomic E-state index is 0.149. The molecule has 32 heavy (non-hydrogen) atoms. The highest BCUT2D eigenvalue weighted by Crippen LogP contribution is 2.28. The highest BCUT2D eigenvalue weighted by atomic mass is 79.9. The van der Waals surface area contributed by atoms with E-state index in [4.69, 9.17) is 0 Å². The third kappa shape index (κ3) is 5.49. The van der Waals surface area contributed by atoms with E-state index in [-0.39, 0.29) is 11.7 Å². The number of thioether (sulfide) groups is 1. The van der Waals surface area contributed by atoms with E-state index in [2.05, 4.69) is 41.6 Å². The van der Waals surface area contributed by atoms with Crippen LogP contribution in [0.1, 0.15) is 11.1 Å².